The Labute approximate surface area is 77.1 Å². The molecule has 0 spiro atoms. The summed E-state index contributed by atoms with van der Waals surface area (Å²) in [6, 6.07) is 0. The van der Waals surface area contributed by atoms with Gasteiger partial charge in [-0.05, 0) is 0 Å². The summed E-state index contributed by atoms with van der Waals surface area (Å²) in [7, 11) is 0. The van der Waals surface area contributed by atoms with Gasteiger partial charge in [0.25, 0.3) is 0 Å². The van der Waals surface area contributed by atoms with Crippen molar-refractivity contribution in [1.29, 1.82) is 0 Å². The van der Waals surface area contributed by atoms with Crippen molar-refractivity contribution in [2.45, 2.75) is 49.6 Å². The van der Waals surface area contributed by atoms with Crippen LogP contribution in [0.15, 0.2) is 0 Å². The average molecular weight is 253 g/mol. The monoisotopic (exact) mass is 252 g/mol. The molecule has 0 fully saturated rings. The fraction of sp³-hybridized carbons (Fsp3) is 1.00. The summed E-state index contributed by atoms with van der Waals surface area (Å²) in [5.74, 6) is 0. The minimum absolute atomic E-state index is 0.546. The Balaban J connectivity index is 2.77. The molecule has 0 aromatic heterocycles. The van der Waals surface area contributed by atoms with Gasteiger partial charge in [0.15, 0.2) is 0 Å². The van der Waals surface area contributed by atoms with E-state index in [1.165, 1.54) is 48.7 Å². The van der Waals surface area contributed by atoms with Gasteiger partial charge < -0.3 is 0 Å². The third kappa shape index (κ3) is 8.75. The first kappa shape index (κ1) is 10.7. The topological polar surface area (TPSA) is 0 Å². The predicted molar refractivity (Wildman–Crippen MR) is 44.0 cm³/mol. The van der Waals surface area contributed by atoms with Crippen molar-refractivity contribution in [2.24, 2.45) is 0 Å². The number of hydrogen-bond acceptors (Lipinski definition) is 0. The van der Waals surface area contributed by atoms with E-state index in [2.05, 4.69) is 6.92 Å². The van der Waals surface area contributed by atoms with Crippen molar-refractivity contribution in [2.75, 3.05) is 0 Å². The Morgan fingerprint density at radius 2 is 1.80 bits per heavy atom. The van der Waals surface area contributed by atoms with E-state index < -0.39 is 4.12 Å². The number of halogens is 1. The molecule has 0 aliphatic carbocycles. The molecule has 0 heterocycles. The van der Waals surface area contributed by atoms with Crippen LogP contribution in [-0.2, 0) is 0 Å². The molecule has 1 atom stereocenters. The first-order chi connectivity index (χ1) is 4.77. The van der Waals surface area contributed by atoms with Crippen LogP contribution in [0.3, 0.4) is 0 Å². The Morgan fingerprint density at radius 1 is 1.20 bits per heavy atom. The quantitative estimate of drug-likeness (QED) is 0.504. The molecule has 0 aromatic rings. The first-order valence-electron chi connectivity index (χ1n) is 4.09. The van der Waals surface area contributed by atoms with Crippen LogP contribution in [0.25, 0.3) is 0 Å². The maximum absolute atomic E-state index is 12.2. The third-order valence-corrected chi connectivity index (χ3v) is 2.28. The van der Waals surface area contributed by atoms with Gasteiger partial charge in [-0.15, -0.1) is 0 Å². The van der Waals surface area contributed by atoms with E-state index in [4.69, 9.17) is 0 Å². The van der Waals surface area contributed by atoms with E-state index in [0.717, 1.165) is 12.8 Å². The molecule has 0 saturated heterocycles. The maximum atomic E-state index is 12.2. The molecule has 1 unspecified atom stereocenters. The summed E-state index contributed by atoms with van der Waals surface area (Å²) in [5, 5.41) is 0. The van der Waals surface area contributed by atoms with Gasteiger partial charge in [-0.3, -0.25) is 0 Å². The molecule has 10 heavy (non-hydrogen) atoms. The van der Waals surface area contributed by atoms with E-state index in [0.29, 0.717) is 0 Å². The Kier molecular flexibility index (Phi) is 8.44. The summed E-state index contributed by atoms with van der Waals surface area (Å²) in [5.41, 5.74) is 0. The van der Waals surface area contributed by atoms with Crippen LogP contribution in [0.4, 0.5) is 4.39 Å². The summed E-state index contributed by atoms with van der Waals surface area (Å²) in [4.78, 5) is 0. The zero-order valence-electron chi connectivity index (χ0n) is 6.65. The second-order valence-corrected chi connectivity index (χ2v) is 4.24. The molecule has 0 aliphatic heterocycles. The van der Waals surface area contributed by atoms with E-state index in [9.17, 15) is 4.39 Å². The Hall–Kier alpha value is 0.748. The van der Waals surface area contributed by atoms with Gasteiger partial charge in [0.2, 0.25) is 0 Å². The standard InChI is InChI=1S/C8H16F.Sb/c1-2-3-4-5-6-7-8-9;/h8H,2-7H2,1H3;. The van der Waals surface area contributed by atoms with Crippen molar-refractivity contribution in [3.63, 3.8) is 0 Å². The van der Waals surface area contributed by atoms with Gasteiger partial charge >= 0.3 is 77.0 Å². The molecular weight excluding hydrogens is 237 g/mol. The molecule has 0 N–H and O–H groups in total. The number of hydrogen-bond donors (Lipinski definition) is 0. The van der Waals surface area contributed by atoms with Gasteiger partial charge in [-0.1, -0.05) is 0 Å². The fourth-order valence-electron chi connectivity index (χ4n) is 0.916. The molecule has 2 heteroatoms. The molecule has 0 amide bonds. The molecule has 0 nitrogen and oxygen atoms in total. The van der Waals surface area contributed by atoms with Crippen LogP contribution < -0.4 is 0 Å². The SMILES string of the molecule is CCCCCCC[CH](F)[Sb]. The molecule has 0 bridgehead atoms. The van der Waals surface area contributed by atoms with Crippen LogP contribution >= 0.6 is 0 Å². The number of unbranched alkanes of at least 4 members (excludes halogenated alkanes) is 4. The van der Waals surface area contributed by atoms with E-state index in [1.807, 2.05) is 0 Å². The van der Waals surface area contributed by atoms with Gasteiger partial charge in [0, 0.05) is 0 Å². The van der Waals surface area contributed by atoms with Crippen molar-refractivity contribution in [3.05, 3.63) is 0 Å². The van der Waals surface area contributed by atoms with Crippen LogP contribution in [-0.4, -0.2) is 27.1 Å². The van der Waals surface area contributed by atoms with Gasteiger partial charge in [-0.25, -0.2) is 0 Å². The summed E-state index contributed by atoms with van der Waals surface area (Å²) in [6.07, 6.45) is 6.94. The zero-order chi connectivity index (χ0) is 7.82. The number of alkyl halides is 1. The molecule has 0 aliphatic rings. The summed E-state index contributed by atoms with van der Waals surface area (Å²) < 4.78 is 11.7. The van der Waals surface area contributed by atoms with Crippen molar-refractivity contribution < 1.29 is 4.39 Å². The van der Waals surface area contributed by atoms with Gasteiger partial charge in [0.05, 0.1) is 0 Å². The number of rotatable bonds is 6. The van der Waals surface area contributed by atoms with Gasteiger partial charge in [0.1, 0.15) is 0 Å². The second-order valence-electron chi connectivity index (χ2n) is 2.64. The third-order valence-electron chi connectivity index (χ3n) is 1.55. The molecule has 0 rings (SSSR count). The van der Waals surface area contributed by atoms with Crippen LogP contribution in [0.2, 0.25) is 0 Å². The normalized spacial score (nSPS) is 13.5. The Bertz CT molecular complexity index is 64.3. The van der Waals surface area contributed by atoms with Crippen molar-refractivity contribution in [1.82, 2.24) is 0 Å². The Morgan fingerprint density at radius 3 is 2.30 bits per heavy atom. The van der Waals surface area contributed by atoms with E-state index in [1.54, 1.807) is 0 Å². The first-order valence-corrected chi connectivity index (χ1v) is 5.57. The summed E-state index contributed by atoms with van der Waals surface area (Å²) >= 11 is 1.31. The predicted octanol–water partition coefficient (Wildman–Crippen LogP) is 2.81. The average Bonchev–Trinajstić information content (AvgIpc) is 1.87. The molecule has 0 saturated carbocycles. The van der Waals surface area contributed by atoms with Crippen LogP contribution in [0, 0.1) is 0 Å². The second kappa shape index (κ2) is 7.85. The fourth-order valence-corrected chi connectivity index (χ4v) is 1.44. The molecular formula is C8H16FSb. The molecule has 2 radical (unpaired) electrons. The van der Waals surface area contributed by atoms with Crippen molar-refractivity contribution in [3.8, 4) is 0 Å². The van der Waals surface area contributed by atoms with E-state index in [-0.39, 0.29) is 0 Å². The molecule has 60 valence electrons. The summed E-state index contributed by atoms with van der Waals surface area (Å²) in [6.45, 7) is 2.19. The van der Waals surface area contributed by atoms with E-state index >= 15 is 0 Å². The zero-order valence-corrected chi connectivity index (χ0v) is 9.20. The van der Waals surface area contributed by atoms with Crippen molar-refractivity contribution >= 4 is 23.0 Å². The van der Waals surface area contributed by atoms with Crippen LogP contribution in [0.1, 0.15) is 45.4 Å². The minimum atomic E-state index is -0.546. The van der Waals surface area contributed by atoms with Gasteiger partial charge in [-0.2, -0.15) is 0 Å². The van der Waals surface area contributed by atoms with Crippen LogP contribution in [0.5, 0.6) is 0 Å². The molecule has 0 aromatic carbocycles.